The number of primary amides is 1. The van der Waals surface area contributed by atoms with Crippen molar-refractivity contribution < 1.29 is 13.2 Å². The van der Waals surface area contributed by atoms with E-state index in [-0.39, 0.29) is 5.75 Å². The molecule has 0 fully saturated rings. The lowest BCUT2D eigenvalue weighted by Crippen LogP contribution is -2.53. The predicted molar refractivity (Wildman–Crippen MR) is 73.4 cm³/mol. The second-order valence-corrected chi connectivity index (χ2v) is 6.59. The molecule has 0 aliphatic rings. The van der Waals surface area contributed by atoms with E-state index in [1.165, 1.54) is 13.8 Å². The summed E-state index contributed by atoms with van der Waals surface area (Å²) >= 11 is 0. The maximum absolute atomic E-state index is 11.9. The first-order chi connectivity index (χ1) is 8.66. The van der Waals surface area contributed by atoms with Gasteiger partial charge in [0.2, 0.25) is 15.9 Å². The number of benzene rings is 1. The smallest absolute Gasteiger partial charge is 0.238 e. The fourth-order valence-corrected chi connectivity index (χ4v) is 3.05. The lowest BCUT2D eigenvalue weighted by Gasteiger charge is -2.22. The third kappa shape index (κ3) is 4.62. The maximum Gasteiger partial charge on any atom is 0.238 e. The summed E-state index contributed by atoms with van der Waals surface area (Å²) in [4.78, 5) is 11.1. The van der Waals surface area contributed by atoms with Gasteiger partial charge in [-0.1, -0.05) is 24.3 Å². The van der Waals surface area contributed by atoms with Crippen molar-refractivity contribution in [2.75, 3.05) is 0 Å². The molecular formula is C12H19N3O3S. The highest BCUT2D eigenvalue weighted by atomic mass is 32.2. The monoisotopic (exact) mass is 285 g/mol. The largest absolute Gasteiger partial charge is 0.368 e. The van der Waals surface area contributed by atoms with E-state index in [1.54, 1.807) is 24.3 Å². The van der Waals surface area contributed by atoms with Crippen molar-refractivity contribution in [2.45, 2.75) is 31.7 Å². The van der Waals surface area contributed by atoms with E-state index in [2.05, 4.69) is 4.72 Å². The Morgan fingerprint density at radius 1 is 1.21 bits per heavy atom. The number of sulfonamides is 1. The van der Waals surface area contributed by atoms with E-state index in [0.29, 0.717) is 12.1 Å². The SMILES string of the molecule is CC(C)(NS(=O)(=O)Cc1ccc(CN)cc1)C(N)=O. The molecule has 0 bridgehead atoms. The highest BCUT2D eigenvalue weighted by Crippen LogP contribution is 2.10. The van der Waals surface area contributed by atoms with Gasteiger partial charge < -0.3 is 11.5 Å². The lowest BCUT2D eigenvalue weighted by atomic mass is 10.1. The second-order valence-electron chi connectivity index (χ2n) is 4.87. The van der Waals surface area contributed by atoms with Gasteiger partial charge in [-0.3, -0.25) is 4.79 Å². The lowest BCUT2D eigenvalue weighted by molar-refractivity contribution is -0.122. The van der Waals surface area contributed by atoms with Crippen LogP contribution in [0.15, 0.2) is 24.3 Å². The van der Waals surface area contributed by atoms with Gasteiger partial charge in [-0.05, 0) is 25.0 Å². The Morgan fingerprint density at radius 2 is 1.68 bits per heavy atom. The van der Waals surface area contributed by atoms with Crippen LogP contribution in [0, 0.1) is 0 Å². The Kier molecular flexibility index (Phi) is 4.67. The van der Waals surface area contributed by atoms with Gasteiger partial charge in [0.1, 0.15) is 5.54 Å². The molecule has 6 nitrogen and oxygen atoms in total. The summed E-state index contributed by atoms with van der Waals surface area (Å²) in [5.41, 5.74) is 10.8. The van der Waals surface area contributed by atoms with Gasteiger partial charge >= 0.3 is 0 Å². The molecule has 0 atom stereocenters. The molecule has 0 aliphatic carbocycles. The molecule has 0 spiro atoms. The molecule has 1 aromatic carbocycles. The minimum atomic E-state index is -3.64. The number of carbonyl (C=O) groups is 1. The molecule has 1 rings (SSSR count). The summed E-state index contributed by atoms with van der Waals surface area (Å²) < 4.78 is 26.1. The minimum Gasteiger partial charge on any atom is -0.368 e. The Labute approximate surface area is 113 Å². The van der Waals surface area contributed by atoms with Crippen molar-refractivity contribution in [2.24, 2.45) is 11.5 Å². The van der Waals surface area contributed by atoms with E-state index >= 15 is 0 Å². The summed E-state index contributed by atoms with van der Waals surface area (Å²) in [6.45, 7) is 3.24. The topological polar surface area (TPSA) is 115 Å². The fraction of sp³-hybridized carbons (Fsp3) is 0.417. The van der Waals surface area contributed by atoms with Gasteiger partial charge in [-0.15, -0.1) is 0 Å². The van der Waals surface area contributed by atoms with Gasteiger partial charge in [0.05, 0.1) is 5.75 Å². The van der Waals surface area contributed by atoms with Crippen LogP contribution in [0.3, 0.4) is 0 Å². The summed E-state index contributed by atoms with van der Waals surface area (Å²) in [6, 6.07) is 6.92. The van der Waals surface area contributed by atoms with Gasteiger partial charge in [-0.2, -0.15) is 4.72 Å². The standard InChI is InChI=1S/C12H19N3O3S/c1-12(2,11(14)16)15-19(17,18)8-10-5-3-9(7-13)4-6-10/h3-6,15H,7-8,13H2,1-2H3,(H2,14,16). The molecule has 0 heterocycles. The third-order valence-electron chi connectivity index (χ3n) is 2.64. The average Bonchev–Trinajstić information content (AvgIpc) is 2.27. The Bertz CT molecular complexity index is 550. The molecule has 0 saturated heterocycles. The molecular weight excluding hydrogens is 266 g/mol. The van der Waals surface area contributed by atoms with Crippen LogP contribution in [-0.4, -0.2) is 19.9 Å². The zero-order chi connectivity index (χ0) is 14.7. The van der Waals surface area contributed by atoms with Crippen LogP contribution in [0.5, 0.6) is 0 Å². The molecule has 7 heteroatoms. The molecule has 0 radical (unpaired) electrons. The number of nitrogens with one attached hydrogen (secondary N) is 1. The molecule has 19 heavy (non-hydrogen) atoms. The van der Waals surface area contributed by atoms with Crippen LogP contribution < -0.4 is 16.2 Å². The molecule has 0 saturated carbocycles. The highest BCUT2D eigenvalue weighted by Gasteiger charge is 2.30. The van der Waals surface area contributed by atoms with Crippen LogP contribution in [-0.2, 0) is 27.1 Å². The first kappa shape index (κ1) is 15.6. The Balaban J connectivity index is 2.82. The predicted octanol–water partition coefficient (Wildman–Crippen LogP) is -0.171. The zero-order valence-corrected chi connectivity index (χ0v) is 11.8. The Morgan fingerprint density at radius 3 is 2.11 bits per heavy atom. The van der Waals surface area contributed by atoms with Crippen LogP contribution in [0.25, 0.3) is 0 Å². The molecule has 1 aromatic rings. The van der Waals surface area contributed by atoms with Gasteiger partial charge in [-0.25, -0.2) is 8.42 Å². The fourth-order valence-electron chi connectivity index (χ4n) is 1.47. The number of hydrogen-bond donors (Lipinski definition) is 3. The minimum absolute atomic E-state index is 0.214. The maximum atomic E-state index is 11.9. The summed E-state index contributed by atoms with van der Waals surface area (Å²) in [6.07, 6.45) is 0. The molecule has 0 unspecified atom stereocenters. The number of carbonyl (C=O) groups excluding carboxylic acids is 1. The number of nitrogens with two attached hydrogens (primary N) is 2. The average molecular weight is 285 g/mol. The van der Waals surface area contributed by atoms with Crippen LogP contribution in [0.2, 0.25) is 0 Å². The molecule has 106 valence electrons. The van der Waals surface area contributed by atoms with Crippen molar-refractivity contribution in [3.8, 4) is 0 Å². The first-order valence-corrected chi connectivity index (χ1v) is 7.41. The number of rotatable bonds is 6. The quantitative estimate of drug-likeness (QED) is 0.673. The van der Waals surface area contributed by atoms with E-state index in [4.69, 9.17) is 11.5 Å². The zero-order valence-electron chi connectivity index (χ0n) is 11.0. The third-order valence-corrected chi connectivity index (χ3v) is 4.18. The molecule has 0 aliphatic heterocycles. The first-order valence-electron chi connectivity index (χ1n) is 5.76. The summed E-state index contributed by atoms with van der Waals surface area (Å²) in [5, 5.41) is 0. The van der Waals surface area contributed by atoms with Crippen molar-refractivity contribution >= 4 is 15.9 Å². The van der Waals surface area contributed by atoms with Crippen LogP contribution in [0.1, 0.15) is 25.0 Å². The van der Waals surface area contributed by atoms with Gasteiger partial charge in [0.15, 0.2) is 0 Å². The normalized spacial score (nSPS) is 12.4. The molecule has 0 aromatic heterocycles. The molecule has 1 amide bonds. The highest BCUT2D eigenvalue weighted by molar-refractivity contribution is 7.88. The van der Waals surface area contributed by atoms with Crippen LogP contribution >= 0.6 is 0 Å². The van der Waals surface area contributed by atoms with Crippen molar-refractivity contribution in [1.82, 2.24) is 4.72 Å². The van der Waals surface area contributed by atoms with Gasteiger partial charge in [0.25, 0.3) is 0 Å². The number of amides is 1. The van der Waals surface area contributed by atoms with Crippen molar-refractivity contribution in [3.63, 3.8) is 0 Å². The van der Waals surface area contributed by atoms with Crippen molar-refractivity contribution in [3.05, 3.63) is 35.4 Å². The van der Waals surface area contributed by atoms with Crippen LogP contribution in [0.4, 0.5) is 0 Å². The number of hydrogen-bond acceptors (Lipinski definition) is 4. The van der Waals surface area contributed by atoms with E-state index in [1.807, 2.05) is 0 Å². The summed E-state index contributed by atoms with van der Waals surface area (Å²) in [5.74, 6) is -0.941. The van der Waals surface area contributed by atoms with E-state index in [0.717, 1.165) is 5.56 Å². The van der Waals surface area contributed by atoms with Crippen molar-refractivity contribution in [1.29, 1.82) is 0 Å². The molecule has 5 N–H and O–H groups in total. The van der Waals surface area contributed by atoms with Gasteiger partial charge in [0, 0.05) is 6.54 Å². The summed E-state index contributed by atoms with van der Waals surface area (Å²) in [7, 11) is -3.64. The van der Waals surface area contributed by atoms with E-state index in [9.17, 15) is 13.2 Å². The second kappa shape index (κ2) is 5.68. The van der Waals surface area contributed by atoms with E-state index < -0.39 is 21.5 Å². The Hall–Kier alpha value is -1.44.